The molecule has 4 rings (SSSR count). The number of rotatable bonds is 4. The van der Waals surface area contributed by atoms with Crippen LogP contribution in [0.2, 0.25) is 0 Å². The largest absolute Gasteiger partial charge is 0.315 e. The van der Waals surface area contributed by atoms with Crippen molar-refractivity contribution >= 4 is 0 Å². The third-order valence-corrected chi connectivity index (χ3v) is 6.69. The summed E-state index contributed by atoms with van der Waals surface area (Å²) >= 11 is 0. The van der Waals surface area contributed by atoms with Crippen LogP contribution in [0.15, 0.2) is 24.3 Å². The maximum Gasteiger partial charge on any atom is 0.0232 e. The van der Waals surface area contributed by atoms with Crippen LogP contribution < -0.4 is 10.6 Å². The van der Waals surface area contributed by atoms with Crippen LogP contribution in [0.1, 0.15) is 56.6 Å². The van der Waals surface area contributed by atoms with Crippen LogP contribution in [-0.4, -0.2) is 49.2 Å². The molecule has 0 aliphatic carbocycles. The summed E-state index contributed by atoms with van der Waals surface area (Å²) in [5.41, 5.74) is 3.09. The summed E-state index contributed by atoms with van der Waals surface area (Å²) in [4.78, 5) is 2.73. The third-order valence-electron chi connectivity index (χ3n) is 6.69. The van der Waals surface area contributed by atoms with Crippen molar-refractivity contribution < 1.29 is 0 Å². The summed E-state index contributed by atoms with van der Waals surface area (Å²) in [6.45, 7) is 9.67. The van der Waals surface area contributed by atoms with E-state index in [1.54, 1.807) is 5.56 Å². The molecule has 3 saturated heterocycles. The minimum atomic E-state index is 0.642. The number of piperidine rings is 1. The normalized spacial score (nSPS) is 36.8. The van der Waals surface area contributed by atoms with E-state index < -0.39 is 0 Å². The van der Waals surface area contributed by atoms with Gasteiger partial charge in [-0.15, -0.1) is 0 Å². The lowest BCUT2D eigenvalue weighted by Gasteiger charge is -2.33. The molecule has 3 aliphatic rings. The highest BCUT2D eigenvalue weighted by Crippen LogP contribution is 2.31. The number of nitrogens with zero attached hydrogens (tertiary/aromatic N) is 1. The molecule has 4 unspecified atom stereocenters. The number of nitrogens with one attached hydrogen (secondary N) is 2. The number of hydrogen-bond acceptors (Lipinski definition) is 3. The van der Waals surface area contributed by atoms with Crippen molar-refractivity contribution in [2.75, 3.05) is 26.2 Å². The summed E-state index contributed by atoms with van der Waals surface area (Å²) in [5.74, 6) is 1.59. The summed E-state index contributed by atoms with van der Waals surface area (Å²) in [7, 11) is 0. The van der Waals surface area contributed by atoms with E-state index in [0.717, 1.165) is 17.9 Å². The van der Waals surface area contributed by atoms with Crippen LogP contribution in [0.4, 0.5) is 0 Å². The molecule has 25 heavy (non-hydrogen) atoms. The zero-order chi connectivity index (χ0) is 17.2. The highest BCUT2D eigenvalue weighted by Gasteiger charge is 2.30. The van der Waals surface area contributed by atoms with Crippen LogP contribution in [-0.2, 0) is 6.42 Å². The Morgan fingerprint density at radius 1 is 1.04 bits per heavy atom. The maximum atomic E-state index is 3.66. The smallest absolute Gasteiger partial charge is 0.0232 e. The molecule has 3 nitrogen and oxygen atoms in total. The Labute approximate surface area is 153 Å². The van der Waals surface area contributed by atoms with Crippen molar-refractivity contribution in [3.63, 3.8) is 0 Å². The maximum absolute atomic E-state index is 3.66. The Morgan fingerprint density at radius 3 is 2.48 bits per heavy atom. The molecule has 3 heteroatoms. The molecule has 0 aromatic heterocycles. The van der Waals surface area contributed by atoms with Gasteiger partial charge in [0.05, 0.1) is 0 Å². The second-order valence-corrected chi connectivity index (χ2v) is 8.88. The first-order valence-electron chi connectivity index (χ1n) is 10.5. The van der Waals surface area contributed by atoms with E-state index in [2.05, 4.69) is 53.6 Å². The van der Waals surface area contributed by atoms with Crippen LogP contribution in [0.3, 0.4) is 0 Å². The SMILES string of the molecule is CC1CC(c2ccc(CC3CCN(C4CCNC4)C3)cc2)CC(C)N1. The Kier molecular flexibility index (Phi) is 5.44. The topological polar surface area (TPSA) is 27.3 Å². The van der Waals surface area contributed by atoms with Gasteiger partial charge in [-0.25, -0.2) is 0 Å². The molecule has 3 aliphatic heterocycles. The van der Waals surface area contributed by atoms with E-state index >= 15 is 0 Å². The van der Waals surface area contributed by atoms with E-state index in [1.807, 2.05) is 0 Å². The molecule has 138 valence electrons. The first kappa shape index (κ1) is 17.5. The quantitative estimate of drug-likeness (QED) is 0.881. The van der Waals surface area contributed by atoms with Gasteiger partial charge in [0.2, 0.25) is 0 Å². The number of hydrogen-bond donors (Lipinski definition) is 2. The van der Waals surface area contributed by atoms with Crippen molar-refractivity contribution in [2.24, 2.45) is 5.92 Å². The fraction of sp³-hybridized carbons (Fsp3) is 0.727. The minimum absolute atomic E-state index is 0.642. The lowest BCUT2D eigenvalue weighted by Crippen LogP contribution is -2.41. The highest BCUT2D eigenvalue weighted by molar-refractivity contribution is 5.26. The van der Waals surface area contributed by atoms with Crippen LogP contribution in [0.25, 0.3) is 0 Å². The van der Waals surface area contributed by atoms with Gasteiger partial charge in [-0.2, -0.15) is 0 Å². The standard InChI is InChI=1S/C22H35N3/c1-16-11-21(12-17(2)24-16)20-5-3-18(4-6-20)13-19-8-10-25(15-19)22-7-9-23-14-22/h3-6,16-17,19,21-24H,7-15H2,1-2H3. The van der Waals surface area contributed by atoms with Gasteiger partial charge in [-0.1, -0.05) is 24.3 Å². The summed E-state index contributed by atoms with van der Waals surface area (Å²) in [5, 5.41) is 7.17. The monoisotopic (exact) mass is 341 g/mol. The van der Waals surface area contributed by atoms with Gasteiger partial charge in [0.1, 0.15) is 0 Å². The van der Waals surface area contributed by atoms with Crippen LogP contribution in [0.5, 0.6) is 0 Å². The minimum Gasteiger partial charge on any atom is -0.315 e. The molecular weight excluding hydrogens is 306 g/mol. The second kappa shape index (κ2) is 7.77. The van der Waals surface area contributed by atoms with Gasteiger partial charge in [0, 0.05) is 31.2 Å². The van der Waals surface area contributed by atoms with Crippen molar-refractivity contribution in [3.8, 4) is 0 Å². The van der Waals surface area contributed by atoms with Gasteiger partial charge < -0.3 is 10.6 Å². The molecule has 0 amide bonds. The van der Waals surface area contributed by atoms with Gasteiger partial charge in [-0.05, 0) is 82.0 Å². The first-order chi connectivity index (χ1) is 12.2. The van der Waals surface area contributed by atoms with E-state index in [4.69, 9.17) is 0 Å². The van der Waals surface area contributed by atoms with E-state index in [-0.39, 0.29) is 0 Å². The van der Waals surface area contributed by atoms with E-state index in [1.165, 1.54) is 63.8 Å². The summed E-state index contributed by atoms with van der Waals surface area (Å²) < 4.78 is 0. The molecule has 1 aromatic rings. The van der Waals surface area contributed by atoms with Gasteiger partial charge in [0.25, 0.3) is 0 Å². The summed E-state index contributed by atoms with van der Waals surface area (Å²) in [6, 6.07) is 11.7. The third kappa shape index (κ3) is 4.27. The lowest BCUT2D eigenvalue weighted by atomic mass is 9.83. The average Bonchev–Trinajstić information content (AvgIpc) is 3.26. The van der Waals surface area contributed by atoms with Crippen molar-refractivity contribution in [2.45, 2.75) is 70.0 Å². The van der Waals surface area contributed by atoms with E-state index in [9.17, 15) is 0 Å². The lowest BCUT2D eigenvalue weighted by molar-refractivity contribution is 0.248. The zero-order valence-electron chi connectivity index (χ0n) is 16.0. The van der Waals surface area contributed by atoms with Gasteiger partial charge in [-0.3, -0.25) is 4.90 Å². The molecule has 3 fully saturated rings. The fourth-order valence-electron chi connectivity index (χ4n) is 5.41. The number of benzene rings is 1. The zero-order valence-corrected chi connectivity index (χ0v) is 16.0. The second-order valence-electron chi connectivity index (χ2n) is 8.88. The van der Waals surface area contributed by atoms with Crippen LogP contribution in [0, 0.1) is 5.92 Å². The fourth-order valence-corrected chi connectivity index (χ4v) is 5.41. The van der Waals surface area contributed by atoms with Crippen molar-refractivity contribution in [1.82, 2.24) is 15.5 Å². The molecule has 3 heterocycles. The van der Waals surface area contributed by atoms with Crippen molar-refractivity contribution in [1.29, 1.82) is 0 Å². The molecule has 4 atom stereocenters. The molecule has 0 bridgehead atoms. The molecule has 1 aromatic carbocycles. The Bertz CT molecular complexity index is 539. The molecule has 2 N–H and O–H groups in total. The Hall–Kier alpha value is -0.900. The molecule has 0 saturated carbocycles. The van der Waals surface area contributed by atoms with Gasteiger partial charge in [0.15, 0.2) is 0 Å². The van der Waals surface area contributed by atoms with Crippen molar-refractivity contribution in [3.05, 3.63) is 35.4 Å². The Morgan fingerprint density at radius 2 is 1.80 bits per heavy atom. The molecule has 0 spiro atoms. The highest BCUT2D eigenvalue weighted by atomic mass is 15.2. The summed E-state index contributed by atoms with van der Waals surface area (Å²) in [6.07, 6.45) is 6.53. The molecular formula is C22H35N3. The predicted molar refractivity (Wildman–Crippen MR) is 105 cm³/mol. The molecule has 0 radical (unpaired) electrons. The van der Waals surface area contributed by atoms with Gasteiger partial charge >= 0.3 is 0 Å². The average molecular weight is 342 g/mol. The first-order valence-corrected chi connectivity index (χ1v) is 10.5. The Balaban J connectivity index is 1.32. The van der Waals surface area contributed by atoms with Crippen LogP contribution >= 0.6 is 0 Å². The number of likely N-dealkylation sites (tertiary alicyclic amines) is 1. The predicted octanol–water partition coefficient (Wildman–Crippen LogP) is 3.16. The van der Waals surface area contributed by atoms with E-state index in [0.29, 0.717) is 12.1 Å².